The first-order valence-electron chi connectivity index (χ1n) is 15.6. The molecular weight excluding hydrogens is 644 g/mol. The van der Waals surface area contributed by atoms with E-state index in [1.807, 2.05) is 37.3 Å². The number of carbonyl (C=O) groups excluding carboxylic acids is 3. The Morgan fingerprint density at radius 1 is 0.600 bits per heavy atom. The van der Waals surface area contributed by atoms with E-state index < -0.39 is 17.9 Å². The van der Waals surface area contributed by atoms with Crippen molar-refractivity contribution in [3.8, 4) is 45.3 Å². The topological polar surface area (TPSA) is 125 Å². The number of allylic oxidation sites excluding steroid dienone is 1. The molecule has 0 aliphatic rings. The van der Waals surface area contributed by atoms with E-state index in [1.54, 1.807) is 49.6 Å². The summed E-state index contributed by atoms with van der Waals surface area (Å²) in [7, 11) is 2.91. The lowest BCUT2D eigenvalue weighted by Crippen LogP contribution is -2.16. The molecule has 0 amide bonds. The second-order valence-electron chi connectivity index (χ2n) is 10.7. The molecule has 0 atom stereocenters. The van der Waals surface area contributed by atoms with Gasteiger partial charge in [0.1, 0.15) is 26.4 Å². The number of rotatable bonds is 20. The Balaban J connectivity index is 1.86. The fourth-order valence-electron chi connectivity index (χ4n) is 4.21. The summed E-state index contributed by atoms with van der Waals surface area (Å²) in [6.07, 6.45) is 3.33. The van der Waals surface area contributed by atoms with Gasteiger partial charge in [0.25, 0.3) is 0 Å². The van der Waals surface area contributed by atoms with Crippen molar-refractivity contribution in [2.24, 2.45) is 0 Å². The zero-order valence-corrected chi connectivity index (χ0v) is 28.8. The van der Waals surface area contributed by atoms with Crippen LogP contribution in [0.15, 0.2) is 109 Å². The van der Waals surface area contributed by atoms with Gasteiger partial charge in [-0.1, -0.05) is 62.2 Å². The van der Waals surface area contributed by atoms with Crippen molar-refractivity contribution in [3.05, 3.63) is 109 Å². The maximum Gasteiger partial charge on any atom is 0.341 e. The summed E-state index contributed by atoms with van der Waals surface area (Å²) in [4.78, 5) is 36.8. The predicted octanol–water partition coefficient (Wildman–Crippen LogP) is 6.66. The van der Waals surface area contributed by atoms with Crippen LogP contribution in [-0.2, 0) is 33.3 Å². The van der Waals surface area contributed by atoms with Crippen molar-refractivity contribution in [3.63, 3.8) is 0 Å². The maximum atomic E-state index is 12.5. The number of hydrogen-bond acceptors (Lipinski definition) is 11. The number of esters is 3. The zero-order chi connectivity index (χ0) is 36.5. The quantitative estimate of drug-likeness (QED) is 0.0416. The number of benzene rings is 3. The summed E-state index contributed by atoms with van der Waals surface area (Å²) in [6, 6.07) is 18.1. The van der Waals surface area contributed by atoms with Crippen LogP contribution in [0, 0.1) is 0 Å². The highest BCUT2D eigenvalue weighted by atomic mass is 16.6. The van der Waals surface area contributed by atoms with Crippen molar-refractivity contribution in [2.45, 2.75) is 13.8 Å². The van der Waals surface area contributed by atoms with Crippen molar-refractivity contribution in [1.82, 2.24) is 0 Å². The molecule has 0 saturated carbocycles. The van der Waals surface area contributed by atoms with E-state index in [0.717, 1.165) is 22.3 Å². The Kier molecular flexibility index (Phi) is 15.5. The molecule has 0 aromatic heterocycles. The summed E-state index contributed by atoms with van der Waals surface area (Å²) in [5, 5.41) is 0. The lowest BCUT2D eigenvalue weighted by Gasteiger charge is -2.15. The summed E-state index contributed by atoms with van der Waals surface area (Å²) in [5.74, 6) is -0.835. The minimum absolute atomic E-state index is 0.00259. The zero-order valence-electron chi connectivity index (χ0n) is 28.8. The van der Waals surface area contributed by atoms with E-state index in [4.69, 9.17) is 37.9 Å². The normalized spacial score (nSPS) is 10.6. The van der Waals surface area contributed by atoms with Crippen LogP contribution >= 0.6 is 0 Å². The molecule has 11 nitrogen and oxygen atoms in total. The average molecular weight is 687 g/mol. The van der Waals surface area contributed by atoms with Crippen LogP contribution in [0.3, 0.4) is 0 Å². The van der Waals surface area contributed by atoms with Gasteiger partial charge in [0, 0.05) is 19.8 Å². The van der Waals surface area contributed by atoms with Crippen molar-refractivity contribution in [2.75, 3.05) is 53.9 Å². The standard InChI is InChI=1S/C39H42O11/c1-8-17-45-18-19-46-35-22-31(13-15-33(35)49-38(41)27(4)24-43-6)29-9-11-30(12-10-29)32-14-16-34(50-39(42)28(5)25-44-7)36(23-32)47-20-21-48-37(40)26(2)3/h8-17,22-23H,2,4-5,18-21,24-25H2,1,3,6-7H3/b17-8-. The minimum Gasteiger partial charge on any atom is -0.498 e. The van der Waals surface area contributed by atoms with Gasteiger partial charge in [-0.05, 0) is 60.4 Å². The number of carbonyl (C=O) groups is 3. The summed E-state index contributed by atoms with van der Waals surface area (Å²) in [5.41, 5.74) is 3.85. The highest BCUT2D eigenvalue weighted by Crippen LogP contribution is 2.36. The Bertz CT molecular complexity index is 1700. The van der Waals surface area contributed by atoms with Crippen LogP contribution in [-0.4, -0.2) is 71.8 Å². The Hall–Kier alpha value is -5.65. The smallest absolute Gasteiger partial charge is 0.341 e. The lowest BCUT2D eigenvalue weighted by atomic mass is 9.99. The molecule has 0 radical (unpaired) electrons. The van der Waals surface area contributed by atoms with Gasteiger partial charge in [-0.25, -0.2) is 14.4 Å². The van der Waals surface area contributed by atoms with Gasteiger partial charge in [0.2, 0.25) is 0 Å². The Morgan fingerprint density at radius 3 is 1.46 bits per heavy atom. The van der Waals surface area contributed by atoms with E-state index in [1.165, 1.54) is 14.2 Å². The van der Waals surface area contributed by atoms with Gasteiger partial charge in [-0.15, -0.1) is 0 Å². The van der Waals surface area contributed by atoms with E-state index in [9.17, 15) is 14.4 Å². The number of ether oxygens (including phenoxy) is 8. The van der Waals surface area contributed by atoms with Crippen LogP contribution in [0.4, 0.5) is 0 Å². The molecule has 0 aliphatic carbocycles. The molecule has 3 aromatic rings. The summed E-state index contributed by atoms with van der Waals surface area (Å²) in [6.45, 7) is 14.9. The molecule has 11 heteroatoms. The maximum absolute atomic E-state index is 12.5. The first-order valence-corrected chi connectivity index (χ1v) is 15.6. The van der Waals surface area contributed by atoms with E-state index >= 15 is 0 Å². The highest BCUT2D eigenvalue weighted by Gasteiger charge is 2.17. The van der Waals surface area contributed by atoms with Gasteiger partial charge in [0.15, 0.2) is 23.0 Å². The summed E-state index contributed by atoms with van der Waals surface area (Å²) >= 11 is 0. The predicted molar refractivity (Wildman–Crippen MR) is 188 cm³/mol. The van der Waals surface area contributed by atoms with Gasteiger partial charge in [0.05, 0.1) is 30.6 Å². The van der Waals surface area contributed by atoms with Crippen molar-refractivity contribution >= 4 is 17.9 Å². The first-order chi connectivity index (χ1) is 24.1. The lowest BCUT2D eigenvalue weighted by molar-refractivity contribution is -0.139. The monoisotopic (exact) mass is 686 g/mol. The van der Waals surface area contributed by atoms with E-state index in [-0.39, 0.29) is 73.6 Å². The van der Waals surface area contributed by atoms with Crippen LogP contribution in [0.1, 0.15) is 13.8 Å². The first kappa shape index (κ1) is 38.8. The van der Waals surface area contributed by atoms with Gasteiger partial charge < -0.3 is 37.9 Å². The second kappa shape index (κ2) is 20.0. The van der Waals surface area contributed by atoms with Gasteiger partial charge in [-0.3, -0.25) is 0 Å². The minimum atomic E-state index is -0.670. The van der Waals surface area contributed by atoms with E-state index in [0.29, 0.717) is 5.75 Å². The number of methoxy groups -OCH3 is 2. The third-order valence-electron chi connectivity index (χ3n) is 6.67. The molecule has 0 unspecified atom stereocenters. The van der Waals surface area contributed by atoms with Gasteiger partial charge in [-0.2, -0.15) is 0 Å². The largest absolute Gasteiger partial charge is 0.498 e. The average Bonchev–Trinajstić information content (AvgIpc) is 3.11. The molecule has 0 N–H and O–H groups in total. The van der Waals surface area contributed by atoms with Gasteiger partial charge >= 0.3 is 17.9 Å². The third-order valence-corrected chi connectivity index (χ3v) is 6.67. The molecule has 0 aliphatic heterocycles. The summed E-state index contributed by atoms with van der Waals surface area (Å²) < 4.78 is 43.3. The van der Waals surface area contributed by atoms with E-state index in [2.05, 4.69) is 19.7 Å². The fraction of sp³-hybridized carbons (Fsp3) is 0.256. The molecule has 0 saturated heterocycles. The molecule has 3 aromatic carbocycles. The van der Waals surface area contributed by atoms with Crippen LogP contribution < -0.4 is 18.9 Å². The van der Waals surface area contributed by atoms with Crippen LogP contribution in [0.25, 0.3) is 22.3 Å². The Morgan fingerprint density at radius 2 is 1.04 bits per heavy atom. The molecular formula is C39H42O11. The molecule has 0 bridgehead atoms. The SMILES string of the molecule is C=C(C)C(=O)OCCOc1cc(-c2ccc(-c3ccc(OC(=O)C(=C)COC)c(OCCO/C=C\C)c3)cc2)ccc1OC(=O)C(=C)COC. The molecule has 0 spiro atoms. The fourth-order valence-corrected chi connectivity index (χ4v) is 4.21. The highest BCUT2D eigenvalue weighted by molar-refractivity contribution is 5.91. The number of hydrogen-bond donors (Lipinski definition) is 0. The molecule has 0 heterocycles. The molecule has 3 rings (SSSR count). The molecule has 0 fully saturated rings. The molecule has 264 valence electrons. The van der Waals surface area contributed by atoms with Crippen molar-refractivity contribution in [1.29, 1.82) is 0 Å². The third kappa shape index (κ3) is 11.8. The van der Waals surface area contributed by atoms with Crippen LogP contribution in [0.5, 0.6) is 23.0 Å². The second-order valence-corrected chi connectivity index (χ2v) is 10.7. The Labute approximate surface area is 292 Å². The van der Waals surface area contributed by atoms with Crippen LogP contribution in [0.2, 0.25) is 0 Å². The molecule has 50 heavy (non-hydrogen) atoms. The van der Waals surface area contributed by atoms with Crippen molar-refractivity contribution < 1.29 is 52.3 Å².